The highest BCUT2D eigenvalue weighted by atomic mass is 16.4. The van der Waals surface area contributed by atoms with Crippen LogP contribution in [-0.4, -0.2) is 25.7 Å². The third kappa shape index (κ3) is 1.05. The van der Waals surface area contributed by atoms with Crippen molar-refractivity contribution in [1.82, 2.24) is 14.6 Å². The van der Waals surface area contributed by atoms with Crippen molar-refractivity contribution in [3.05, 3.63) is 29.7 Å². The minimum atomic E-state index is -0.984. The van der Waals surface area contributed by atoms with Crippen molar-refractivity contribution in [2.24, 2.45) is 0 Å². The number of rotatable bonds is 1. The van der Waals surface area contributed by atoms with Crippen molar-refractivity contribution < 1.29 is 9.90 Å². The molecule has 0 aliphatic carbocycles. The molecule has 0 saturated heterocycles. The van der Waals surface area contributed by atoms with E-state index in [1.165, 1.54) is 10.7 Å². The van der Waals surface area contributed by atoms with E-state index in [1.54, 1.807) is 19.2 Å². The molecule has 2 rings (SSSR count). The molecule has 0 spiro atoms. The normalized spacial score (nSPS) is 10.5. The fourth-order valence-electron chi connectivity index (χ4n) is 1.20. The SMILES string of the molecule is Cc1c(C(=O)O)cnc2ccnn12. The number of aromatic carboxylic acids is 1. The largest absolute Gasteiger partial charge is 0.478 e. The van der Waals surface area contributed by atoms with Gasteiger partial charge in [0.2, 0.25) is 0 Å². The van der Waals surface area contributed by atoms with E-state index in [1.807, 2.05) is 0 Å². The Balaban J connectivity index is 2.80. The fraction of sp³-hybridized carbons (Fsp3) is 0.125. The predicted molar refractivity (Wildman–Crippen MR) is 44.7 cm³/mol. The van der Waals surface area contributed by atoms with Crippen LogP contribution in [0.2, 0.25) is 0 Å². The second-order valence-corrected chi connectivity index (χ2v) is 2.66. The first-order chi connectivity index (χ1) is 6.20. The number of aromatic nitrogens is 3. The van der Waals surface area contributed by atoms with Crippen molar-refractivity contribution in [2.45, 2.75) is 6.92 Å². The number of nitrogens with zero attached hydrogens (tertiary/aromatic N) is 3. The van der Waals surface area contributed by atoms with E-state index in [0.717, 1.165) is 0 Å². The van der Waals surface area contributed by atoms with Gasteiger partial charge in [0.25, 0.3) is 0 Å². The van der Waals surface area contributed by atoms with Crippen molar-refractivity contribution >= 4 is 11.6 Å². The van der Waals surface area contributed by atoms with Gasteiger partial charge in [-0.25, -0.2) is 14.3 Å². The van der Waals surface area contributed by atoms with E-state index >= 15 is 0 Å². The van der Waals surface area contributed by atoms with Crippen LogP contribution in [0.15, 0.2) is 18.5 Å². The summed E-state index contributed by atoms with van der Waals surface area (Å²) < 4.78 is 1.50. The van der Waals surface area contributed by atoms with Gasteiger partial charge in [0.15, 0.2) is 5.65 Å². The van der Waals surface area contributed by atoms with Crippen molar-refractivity contribution in [1.29, 1.82) is 0 Å². The molecule has 0 fully saturated rings. The quantitative estimate of drug-likeness (QED) is 0.697. The monoisotopic (exact) mass is 177 g/mol. The van der Waals surface area contributed by atoms with Gasteiger partial charge >= 0.3 is 5.97 Å². The molecule has 1 N–H and O–H groups in total. The maximum Gasteiger partial charge on any atom is 0.339 e. The Morgan fingerprint density at radius 2 is 2.38 bits per heavy atom. The highest BCUT2D eigenvalue weighted by Crippen LogP contribution is 2.08. The van der Waals surface area contributed by atoms with Crippen LogP contribution in [0.25, 0.3) is 5.65 Å². The lowest BCUT2D eigenvalue weighted by atomic mass is 10.2. The molecule has 2 heterocycles. The van der Waals surface area contributed by atoms with Gasteiger partial charge in [-0.05, 0) is 6.92 Å². The molecule has 0 amide bonds. The Morgan fingerprint density at radius 3 is 3.08 bits per heavy atom. The van der Waals surface area contributed by atoms with E-state index in [4.69, 9.17) is 5.11 Å². The van der Waals surface area contributed by atoms with Crippen LogP contribution in [-0.2, 0) is 0 Å². The van der Waals surface area contributed by atoms with Gasteiger partial charge in [-0.2, -0.15) is 5.10 Å². The fourth-order valence-corrected chi connectivity index (χ4v) is 1.20. The zero-order valence-electron chi connectivity index (χ0n) is 6.93. The summed E-state index contributed by atoms with van der Waals surface area (Å²) >= 11 is 0. The van der Waals surface area contributed by atoms with E-state index in [2.05, 4.69) is 10.1 Å². The molecule has 0 bridgehead atoms. The molecule has 5 heteroatoms. The molecule has 0 aliphatic heterocycles. The van der Waals surface area contributed by atoms with Crippen LogP contribution < -0.4 is 0 Å². The molecule has 13 heavy (non-hydrogen) atoms. The van der Waals surface area contributed by atoms with Gasteiger partial charge in [0.1, 0.15) is 0 Å². The molecule has 2 aromatic rings. The predicted octanol–water partition coefficient (Wildman–Crippen LogP) is 0.736. The van der Waals surface area contributed by atoms with Gasteiger partial charge in [-0.1, -0.05) is 0 Å². The summed E-state index contributed by atoms with van der Waals surface area (Å²) in [5, 5.41) is 12.7. The van der Waals surface area contributed by atoms with Crippen LogP contribution >= 0.6 is 0 Å². The topological polar surface area (TPSA) is 67.5 Å². The van der Waals surface area contributed by atoms with Crippen LogP contribution in [0.3, 0.4) is 0 Å². The summed E-state index contributed by atoms with van der Waals surface area (Å²) in [4.78, 5) is 14.6. The second kappa shape index (κ2) is 2.55. The highest BCUT2D eigenvalue weighted by Gasteiger charge is 2.10. The highest BCUT2D eigenvalue weighted by molar-refractivity contribution is 5.88. The Labute approximate surface area is 73.6 Å². The minimum absolute atomic E-state index is 0.177. The smallest absolute Gasteiger partial charge is 0.339 e. The molecule has 0 aromatic carbocycles. The van der Waals surface area contributed by atoms with Crippen LogP contribution in [0, 0.1) is 6.92 Å². The van der Waals surface area contributed by atoms with E-state index in [9.17, 15) is 4.79 Å². The number of hydrogen-bond acceptors (Lipinski definition) is 3. The maximum absolute atomic E-state index is 10.7. The van der Waals surface area contributed by atoms with Gasteiger partial charge in [-0.3, -0.25) is 0 Å². The van der Waals surface area contributed by atoms with E-state index < -0.39 is 5.97 Å². The molecule has 0 radical (unpaired) electrons. The minimum Gasteiger partial charge on any atom is -0.478 e. The van der Waals surface area contributed by atoms with E-state index in [-0.39, 0.29) is 5.56 Å². The standard InChI is InChI=1S/C8H7N3O2/c1-5-6(8(12)13)4-9-7-2-3-10-11(5)7/h2-4H,1H3,(H,12,13). The summed E-state index contributed by atoms with van der Waals surface area (Å²) in [5.74, 6) is -0.984. The Morgan fingerprint density at radius 1 is 1.62 bits per heavy atom. The number of fused-ring (bicyclic) bond motifs is 1. The van der Waals surface area contributed by atoms with Gasteiger partial charge in [0, 0.05) is 12.3 Å². The number of aryl methyl sites for hydroxylation is 1. The van der Waals surface area contributed by atoms with Crippen molar-refractivity contribution in [3.63, 3.8) is 0 Å². The summed E-state index contributed by atoms with van der Waals surface area (Å²) in [6.45, 7) is 1.70. The lowest BCUT2D eigenvalue weighted by Gasteiger charge is -2.01. The molecule has 0 aliphatic rings. The Bertz CT molecular complexity index is 475. The Kier molecular flexibility index (Phi) is 1.51. The molecule has 0 atom stereocenters. The first-order valence-corrected chi connectivity index (χ1v) is 3.73. The molecule has 0 saturated carbocycles. The van der Waals surface area contributed by atoms with Crippen LogP contribution in [0.5, 0.6) is 0 Å². The summed E-state index contributed by atoms with van der Waals surface area (Å²) in [6, 6.07) is 1.72. The average Bonchev–Trinajstić information content (AvgIpc) is 2.52. The van der Waals surface area contributed by atoms with Gasteiger partial charge in [-0.15, -0.1) is 0 Å². The first kappa shape index (κ1) is 7.72. The van der Waals surface area contributed by atoms with Crippen molar-refractivity contribution in [2.75, 3.05) is 0 Å². The lowest BCUT2D eigenvalue weighted by Crippen LogP contribution is -2.06. The third-order valence-corrected chi connectivity index (χ3v) is 1.89. The summed E-state index contributed by atoms with van der Waals surface area (Å²) in [7, 11) is 0. The molecule has 66 valence electrons. The number of carbonyl (C=O) groups is 1. The summed E-state index contributed by atoms with van der Waals surface area (Å²) in [6.07, 6.45) is 2.93. The molecule has 2 aromatic heterocycles. The first-order valence-electron chi connectivity index (χ1n) is 3.73. The third-order valence-electron chi connectivity index (χ3n) is 1.89. The molecule has 5 nitrogen and oxygen atoms in total. The van der Waals surface area contributed by atoms with E-state index in [0.29, 0.717) is 11.3 Å². The summed E-state index contributed by atoms with van der Waals surface area (Å²) in [5.41, 5.74) is 1.42. The zero-order chi connectivity index (χ0) is 9.42. The van der Waals surface area contributed by atoms with Gasteiger partial charge in [0.05, 0.1) is 17.5 Å². The number of carboxylic acid groups (broad SMARTS) is 1. The molecule has 0 unspecified atom stereocenters. The molecular formula is C8H7N3O2. The van der Waals surface area contributed by atoms with Crippen LogP contribution in [0.1, 0.15) is 16.1 Å². The maximum atomic E-state index is 10.7. The number of hydrogen-bond donors (Lipinski definition) is 1. The zero-order valence-corrected chi connectivity index (χ0v) is 6.93. The second-order valence-electron chi connectivity index (χ2n) is 2.66. The average molecular weight is 177 g/mol. The Hall–Kier alpha value is -1.91. The molecular weight excluding hydrogens is 170 g/mol. The van der Waals surface area contributed by atoms with Gasteiger partial charge < -0.3 is 5.11 Å². The van der Waals surface area contributed by atoms with Crippen LogP contribution in [0.4, 0.5) is 0 Å². The number of carboxylic acids is 1. The lowest BCUT2D eigenvalue weighted by molar-refractivity contribution is 0.0695. The van der Waals surface area contributed by atoms with Crippen molar-refractivity contribution in [3.8, 4) is 0 Å².